The molecule has 2 aromatic rings. The molecule has 0 aliphatic carbocycles. The zero-order valence-electron chi connectivity index (χ0n) is 15.0. The smallest absolute Gasteiger partial charge is 0.285 e. The quantitative estimate of drug-likeness (QED) is 0.845. The fourth-order valence-corrected chi connectivity index (χ4v) is 2.84. The monoisotopic (exact) mass is 360 g/mol. The van der Waals surface area contributed by atoms with Crippen LogP contribution < -0.4 is 10.1 Å². The average molecular weight is 361 g/mol. The maximum absolute atomic E-state index is 6.15. The molecule has 134 valence electrons. The van der Waals surface area contributed by atoms with E-state index in [4.69, 9.17) is 21.1 Å². The number of hydrogen-bond donors (Lipinski definition) is 1. The van der Waals surface area contributed by atoms with Crippen LogP contribution in [-0.2, 0) is 11.2 Å². The number of amidine groups is 1. The van der Waals surface area contributed by atoms with Crippen LogP contribution in [0.4, 0.5) is 0 Å². The van der Waals surface area contributed by atoms with Crippen LogP contribution in [0.2, 0.25) is 5.02 Å². The van der Waals surface area contributed by atoms with Gasteiger partial charge in [-0.15, -0.1) is 0 Å². The number of para-hydroxylation sites is 1. The van der Waals surface area contributed by atoms with E-state index in [1.54, 1.807) is 7.11 Å². The van der Waals surface area contributed by atoms with Crippen molar-refractivity contribution in [3.63, 3.8) is 0 Å². The third-order valence-corrected chi connectivity index (χ3v) is 3.99. The summed E-state index contributed by atoms with van der Waals surface area (Å²) in [6.45, 7) is 5.32. The Bertz CT molecular complexity index is 704. The fraction of sp³-hybridized carbons (Fsp3) is 0.350. The predicted molar refractivity (Wildman–Crippen MR) is 104 cm³/mol. The Kier molecular flexibility index (Phi) is 7.61. The topological polar surface area (TPSA) is 42.8 Å². The minimum Gasteiger partial charge on any atom is -0.496 e. The lowest BCUT2D eigenvalue weighted by molar-refractivity contribution is 0.324. The first-order valence-electron chi connectivity index (χ1n) is 8.57. The van der Waals surface area contributed by atoms with Crippen LogP contribution in [0.3, 0.4) is 0 Å². The van der Waals surface area contributed by atoms with Crippen LogP contribution in [-0.4, -0.2) is 26.3 Å². The van der Waals surface area contributed by atoms with E-state index >= 15 is 0 Å². The number of hydrogen-bond acceptors (Lipinski definition) is 4. The van der Waals surface area contributed by atoms with Crippen molar-refractivity contribution < 1.29 is 9.47 Å². The molecule has 1 heterocycles. The lowest BCUT2D eigenvalue weighted by atomic mass is 9.98. The van der Waals surface area contributed by atoms with E-state index in [0.717, 1.165) is 23.3 Å². The Morgan fingerprint density at radius 3 is 2.68 bits per heavy atom. The molecule has 4 nitrogen and oxygen atoms in total. The van der Waals surface area contributed by atoms with E-state index in [9.17, 15) is 0 Å². The normalized spacial score (nSPS) is 13.8. The Morgan fingerprint density at radius 1 is 1.20 bits per heavy atom. The molecule has 0 saturated carbocycles. The van der Waals surface area contributed by atoms with Gasteiger partial charge in [-0.3, -0.25) is 0 Å². The standard InChI is InChI=1S/C18H19ClN2O2.C2H6/c1-22-17-8-3-2-5-14(17)12-16(21-18-20-9-10-23-18)13-6-4-7-15(19)11-13;1-2/h2-8,11,16H,9-10,12H2,1H3,(H,20,21);1-2H3. The van der Waals surface area contributed by atoms with Gasteiger partial charge in [0.1, 0.15) is 12.4 Å². The van der Waals surface area contributed by atoms with E-state index < -0.39 is 0 Å². The molecule has 25 heavy (non-hydrogen) atoms. The van der Waals surface area contributed by atoms with Crippen molar-refractivity contribution in [2.24, 2.45) is 4.99 Å². The van der Waals surface area contributed by atoms with Gasteiger partial charge >= 0.3 is 0 Å². The summed E-state index contributed by atoms with van der Waals surface area (Å²) in [5.74, 6) is 0.871. The molecule has 1 aliphatic heterocycles. The SMILES string of the molecule is CC.COc1ccccc1CC(NC1=NCCO1)c1cccc(Cl)c1. The van der Waals surface area contributed by atoms with Crippen molar-refractivity contribution in [1.82, 2.24) is 5.32 Å². The number of aliphatic imine (C=N–C) groups is 1. The second-order valence-corrected chi connectivity index (χ2v) is 5.74. The van der Waals surface area contributed by atoms with Crippen molar-refractivity contribution in [2.75, 3.05) is 20.3 Å². The summed E-state index contributed by atoms with van der Waals surface area (Å²) in [4.78, 5) is 4.33. The highest BCUT2D eigenvalue weighted by atomic mass is 35.5. The number of benzene rings is 2. The van der Waals surface area contributed by atoms with Crippen molar-refractivity contribution in [3.8, 4) is 5.75 Å². The maximum Gasteiger partial charge on any atom is 0.285 e. The van der Waals surface area contributed by atoms with Crippen LogP contribution in [0.15, 0.2) is 53.5 Å². The summed E-state index contributed by atoms with van der Waals surface area (Å²) >= 11 is 6.15. The van der Waals surface area contributed by atoms with Crippen LogP contribution >= 0.6 is 11.6 Å². The molecule has 3 rings (SSSR count). The number of ether oxygens (including phenoxy) is 2. The Balaban J connectivity index is 0.00000109. The highest BCUT2D eigenvalue weighted by Gasteiger charge is 2.19. The summed E-state index contributed by atoms with van der Waals surface area (Å²) in [6.07, 6.45) is 0.743. The molecular weight excluding hydrogens is 336 g/mol. The first-order valence-corrected chi connectivity index (χ1v) is 8.95. The van der Waals surface area contributed by atoms with Crippen LogP contribution in [0.1, 0.15) is 31.0 Å². The Hall–Kier alpha value is -2.20. The number of nitrogens with zero attached hydrogens (tertiary/aromatic N) is 1. The van der Waals surface area contributed by atoms with E-state index in [1.807, 2.05) is 50.2 Å². The van der Waals surface area contributed by atoms with Gasteiger partial charge in [0, 0.05) is 11.4 Å². The lowest BCUT2D eigenvalue weighted by Gasteiger charge is -2.21. The molecule has 0 spiro atoms. The third kappa shape index (κ3) is 5.40. The van der Waals surface area contributed by atoms with Gasteiger partial charge in [0.2, 0.25) is 0 Å². The molecule has 0 radical (unpaired) electrons. The largest absolute Gasteiger partial charge is 0.496 e. The van der Waals surface area contributed by atoms with Crippen molar-refractivity contribution >= 4 is 17.6 Å². The Labute approximate surface area is 154 Å². The van der Waals surface area contributed by atoms with Crippen LogP contribution in [0.5, 0.6) is 5.75 Å². The Morgan fingerprint density at radius 2 is 2.00 bits per heavy atom. The summed E-state index contributed by atoms with van der Waals surface area (Å²) < 4.78 is 11.0. The zero-order chi connectivity index (χ0) is 18.1. The number of methoxy groups -OCH3 is 1. The summed E-state index contributed by atoms with van der Waals surface area (Å²) in [5.41, 5.74) is 2.20. The van der Waals surface area contributed by atoms with Crippen LogP contribution in [0.25, 0.3) is 0 Å². The molecule has 1 N–H and O–H groups in total. The van der Waals surface area contributed by atoms with Gasteiger partial charge in [-0.2, -0.15) is 0 Å². The summed E-state index contributed by atoms with van der Waals surface area (Å²) in [6, 6.07) is 16.4. The summed E-state index contributed by atoms with van der Waals surface area (Å²) in [7, 11) is 1.69. The molecule has 0 bridgehead atoms. The second kappa shape index (κ2) is 9.94. The van der Waals surface area contributed by atoms with Gasteiger partial charge in [0.15, 0.2) is 0 Å². The predicted octanol–water partition coefficient (Wildman–Crippen LogP) is 4.63. The second-order valence-electron chi connectivity index (χ2n) is 5.30. The van der Waals surface area contributed by atoms with Gasteiger partial charge in [-0.1, -0.05) is 55.8 Å². The molecule has 0 amide bonds. The van der Waals surface area contributed by atoms with E-state index in [-0.39, 0.29) is 6.04 Å². The molecule has 5 heteroatoms. The first kappa shape index (κ1) is 19.1. The first-order chi connectivity index (χ1) is 12.3. The van der Waals surface area contributed by atoms with Gasteiger partial charge in [0.25, 0.3) is 6.02 Å². The highest BCUT2D eigenvalue weighted by molar-refractivity contribution is 6.30. The molecule has 1 unspecified atom stereocenters. The molecule has 0 fully saturated rings. The number of rotatable bonds is 5. The number of nitrogens with one attached hydrogen (secondary N) is 1. The minimum atomic E-state index is 0.00171. The van der Waals surface area contributed by atoms with Crippen molar-refractivity contribution in [3.05, 3.63) is 64.7 Å². The molecule has 0 saturated heterocycles. The van der Waals surface area contributed by atoms with Gasteiger partial charge < -0.3 is 14.8 Å². The van der Waals surface area contributed by atoms with Crippen molar-refractivity contribution in [1.29, 1.82) is 0 Å². The van der Waals surface area contributed by atoms with Crippen LogP contribution in [0, 0.1) is 0 Å². The van der Waals surface area contributed by atoms with E-state index in [1.165, 1.54) is 0 Å². The average Bonchev–Trinajstić information content (AvgIpc) is 3.16. The van der Waals surface area contributed by atoms with Gasteiger partial charge in [-0.25, -0.2) is 4.99 Å². The molecular formula is C20H25ClN2O2. The zero-order valence-corrected chi connectivity index (χ0v) is 15.7. The highest BCUT2D eigenvalue weighted by Crippen LogP contribution is 2.26. The molecule has 2 aromatic carbocycles. The van der Waals surface area contributed by atoms with Crippen molar-refractivity contribution in [2.45, 2.75) is 26.3 Å². The molecule has 1 atom stereocenters. The third-order valence-electron chi connectivity index (χ3n) is 3.75. The molecule has 1 aliphatic rings. The summed E-state index contributed by atoms with van der Waals surface area (Å²) in [5, 5.41) is 4.08. The lowest BCUT2D eigenvalue weighted by Crippen LogP contribution is -2.30. The minimum absolute atomic E-state index is 0.00171. The maximum atomic E-state index is 6.15. The fourth-order valence-electron chi connectivity index (χ4n) is 2.64. The molecule has 0 aromatic heterocycles. The van der Waals surface area contributed by atoms with Gasteiger partial charge in [-0.05, 0) is 29.3 Å². The van der Waals surface area contributed by atoms with E-state index in [2.05, 4.69) is 22.4 Å². The number of halogens is 1. The van der Waals surface area contributed by atoms with E-state index in [0.29, 0.717) is 24.2 Å². The van der Waals surface area contributed by atoms with Gasteiger partial charge in [0.05, 0.1) is 19.7 Å².